The van der Waals surface area contributed by atoms with Gasteiger partial charge < -0.3 is 9.88 Å². The Morgan fingerprint density at radius 2 is 1.96 bits per heavy atom. The van der Waals surface area contributed by atoms with Crippen LogP contribution in [0.2, 0.25) is 0 Å². The zero-order chi connectivity index (χ0) is 17.8. The molecular weight excluding hydrogens is 331 g/mol. The van der Waals surface area contributed by atoms with E-state index >= 15 is 0 Å². The third kappa shape index (κ3) is 2.27. The number of fused-ring (bicyclic) bond motifs is 6. The molecule has 1 saturated heterocycles. The van der Waals surface area contributed by atoms with Crippen LogP contribution < -0.4 is 5.56 Å². The number of carbonyl (C=O) groups excluding carboxylic acids is 1. The first-order chi connectivity index (χ1) is 12.6. The van der Waals surface area contributed by atoms with Crippen molar-refractivity contribution in [2.45, 2.75) is 24.8 Å². The molecule has 1 fully saturated rings. The predicted octanol–water partition coefficient (Wildman–Crippen LogP) is 3.28. The number of hydrogen-bond acceptors (Lipinski definition) is 2. The number of nitrogens with one attached hydrogen (secondary N) is 1. The van der Waals surface area contributed by atoms with E-state index in [1.165, 1.54) is 29.3 Å². The second-order valence-corrected chi connectivity index (χ2v) is 7.16. The van der Waals surface area contributed by atoms with Crippen molar-refractivity contribution in [1.29, 1.82) is 0 Å². The summed E-state index contributed by atoms with van der Waals surface area (Å²) in [6.45, 7) is 0.709. The number of carbonyl (C=O) groups is 1. The predicted molar refractivity (Wildman–Crippen MR) is 96.5 cm³/mol. The molecule has 5 rings (SSSR count). The minimum atomic E-state index is -0.365. The Morgan fingerprint density at radius 1 is 1.15 bits per heavy atom. The van der Waals surface area contributed by atoms with Crippen LogP contribution in [0.15, 0.2) is 53.3 Å². The summed E-state index contributed by atoms with van der Waals surface area (Å²) in [7, 11) is 0. The molecular formula is C21H17FN2O2. The molecule has 2 aromatic carbocycles. The fourth-order valence-corrected chi connectivity index (χ4v) is 4.44. The maximum absolute atomic E-state index is 13.5. The molecule has 2 atom stereocenters. The number of rotatable bonds is 2. The maximum atomic E-state index is 13.5. The molecule has 3 aromatic rings. The maximum Gasteiger partial charge on any atom is 0.252 e. The number of nitrogens with zero attached hydrogens (tertiary/aromatic N) is 1. The second kappa shape index (κ2) is 5.53. The van der Waals surface area contributed by atoms with Crippen LogP contribution in [0.3, 0.4) is 0 Å². The minimum absolute atomic E-state index is 0.0349. The van der Waals surface area contributed by atoms with Crippen LogP contribution in [0.1, 0.15) is 35.1 Å². The van der Waals surface area contributed by atoms with Crippen molar-refractivity contribution in [3.63, 3.8) is 0 Å². The number of benzene rings is 2. The SMILES string of the molecule is O=C(Cc1cc2cc(F)ccc2[nH]c1=O)N1CC2CC1c1ccccc12. The monoisotopic (exact) mass is 348 g/mol. The van der Waals surface area contributed by atoms with Gasteiger partial charge in [-0.1, -0.05) is 24.3 Å². The Labute approximate surface area is 149 Å². The van der Waals surface area contributed by atoms with Crippen LogP contribution in [0, 0.1) is 5.82 Å². The van der Waals surface area contributed by atoms with E-state index in [0.717, 1.165) is 6.42 Å². The van der Waals surface area contributed by atoms with Crippen LogP contribution >= 0.6 is 0 Å². The lowest BCUT2D eigenvalue weighted by Crippen LogP contribution is -2.35. The van der Waals surface area contributed by atoms with Crippen molar-refractivity contribution >= 4 is 16.8 Å². The molecule has 1 N–H and O–H groups in total. The lowest BCUT2D eigenvalue weighted by Gasteiger charge is -2.29. The van der Waals surface area contributed by atoms with Crippen molar-refractivity contribution in [2.24, 2.45) is 0 Å². The summed E-state index contributed by atoms with van der Waals surface area (Å²) in [6.07, 6.45) is 0.998. The summed E-state index contributed by atoms with van der Waals surface area (Å²) >= 11 is 0. The number of H-pyrrole nitrogens is 1. The van der Waals surface area contributed by atoms with E-state index < -0.39 is 0 Å². The van der Waals surface area contributed by atoms with E-state index in [9.17, 15) is 14.0 Å². The zero-order valence-electron chi connectivity index (χ0n) is 14.0. The van der Waals surface area contributed by atoms with E-state index in [4.69, 9.17) is 0 Å². The van der Waals surface area contributed by atoms with E-state index in [-0.39, 0.29) is 29.7 Å². The summed E-state index contributed by atoms with van der Waals surface area (Å²) in [5.74, 6) is -0.0207. The van der Waals surface area contributed by atoms with Gasteiger partial charge in [-0.25, -0.2) is 4.39 Å². The molecule has 2 aliphatic rings. The van der Waals surface area contributed by atoms with E-state index in [1.807, 2.05) is 17.0 Å². The molecule has 2 bridgehead atoms. The quantitative estimate of drug-likeness (QED) is 0.773. The molecule has 130 valence electrons. The smallest absolute Gasteiger partial charge is 0.252 e. The number of aromatic amines is 1. The van der Waals surface area contributed by atoms with Gasteiger partial charge in [0.05, 0.1) is 12.5 Å². The highest BCUT2D eigenvalue weighted by molar-refractivity contribution is 5.83. The molecule has 2 heterocycles. The van der Waals surface area contributed by atoms with Crippen molar-refractivity contribution < 1.29 is 9.18 Å². The number of aromatic nitrogens is 1. The molecule has 1 aromatic heterocycles. The zero-order valence-corrected chi connectivity index (χ0v) is 14.0. The van der Waals surface area contributed by atoms with Crippen molar-refractivity contribution in [1.82, 2.24) is 9.88 Å². The number of pyridine rings is 1. The molecule has 1 amide bonds. The van der Waals surface area contributed by atoms with Gasteiger partial charge in [0.25, 0.3) is 5.56 Å². The van der Waals surface area contributed by atoms with Crippen molar-refractivity contribution in [3.05, 3.63) is 81.4 Å². The number of likely N-dealkylation sites (tertiary alicyclic amines) is 1. The largest absolute Gasteiger partial charge is 0.335 e. The fourth-order valence-electron chi connectivity index (χ4n) is 4.44. The molecule has 1 aliphatic heterocycles. The highest BCUT2D eigenvalue weighted by atomic mass is 19.1. The molecule has 0 saturated carbocycles. The van der Waals surface area contributed by atoms with Gasteiger partial charge in [0.2, 0.25) is 5.91 Å². The lowest BCUT2D eigenvalue weighted by atomic mass is 9.99. The molecule has 0 spiro atoms. The van der Waals surface area contributed by atoms with Gasteiger partial charge in [0.1, 0.15) is 5.82 Å². The van der Waals surface area contributed by atoms with Crippen molar-refractivity contribution in [2.75, 3.05) is 6.54 Å². The first kappa shape index (κ1) is 15.3. The van der Waals surface area contributed by atoms with E-state index in [0.29, 0.717) is 28.9 Å². The highest BCUT2D eigenvalue weighted by Gasteiger charge is 2.43. The van der Waals surface area contributed by atoms with Gasteiger partial charge in [-0.3, -0.25) is 9.59 Å². The molecule has 5 heteroatoms. The minimum Gasteiger partial charge on any atom is -0.335 e. The van der Waals surface area contributed by atoms with Crippen molar-refractivity contribution in [3.8, 4) is 0 Å². The van der Waals surface area contributed by atoms with Gasteiger partial charge in [-0.2, -0.15) is 0 Å². The Bertz CT molecular complexity index is 1100. The molecule has 1 aliphatic carbocycles. The molecule has 4 nitrogen and oxygen atoms in total. The van der Waals surface area contributed by atoms with Crippen LogP contribution in [-0.4, -0.2) is 22.3 Å². The van der Waals surface area contributed by atoms with Crippen LogP contribution in [0.5, 0.6) is 0 Å². The van der Waals surface area contributed by atoms with E-state index in [2.05, 4.69) is 17.1 Å². The van der Waals surface area contributed by atoms with Crippen LogP contribution in [0.25, 0.3) is 10.9 Å². The van der Waals surface area contributed by atoms with Crippen LogP contribution in [0.4, 0.5) is 4.39 Å². The van der Waals surface area contributed by atoms with Gasteiger partial charge >= 0.3 is 0 Å². The average molecular weight is 348 g/mol. The number of halogens is 1. The van der Waals surface area contributed by atoms with Gasteiger partial charge in [-0.15, -0.1) is 0 Å². The summed E-state index contributed by atoms with van der Waals surface area (Å²) in [4.78, 5) is 29.8. The number of amides is 1. The second-order valence-electron chi connectivity index (χ2n) is 7.16. The number of hydrogen-bond donors (Lipinski definition) is 1. The van der Waals surface area contributed by atoms with E-state index in [1.54, 1.807) is 6.07 Å². The normalized spacial score (nSPS) is 20.6. The Kier molecular flexibility index (Phi) is 3.26. The third-order valence-electron chi connectivity index (χ3n) is 5.64. The van der Waals surface area contributed by atoms with Crippen LogP contribution in [-0.2, 0) is 11.2 Å². The summed E-state index contributed by atoms with van der Waals surface area (Å²) < 4.78 is 13.5. The lowest BCUT2D eigenvalue weighted by molar-refractivity contribution is -0.131. The fraction of sp³-hybridized carbons (Fsp3) is 0.238. The summed E-state index contributed by atoms with van der Waals surface area (Å²) in [6, 6.07) is 14.2. The van der Waals surface area contributed by atoms with Gasteiger partial charge in [0, 0.05) is 28.9 Å². The third-order valence-corrected chi connectivity index (χ3v) is 5.64. The van der Waals surface area contributed by atoms with Gasteiger partial charge in [-0.05, 0) is 41.8 Å². The highest BCUT2D eigenvalue weighted by Crippen LogP contribution is 2.50. The summed E-state index contributed by atoms with van der Waals surface area (Å²) in [5, 5.41) is 0.598. The first-order valence-corrected chi connectivity index (χ1v) is 8.80. The standard InChI is InChI=1S/C21H17FN2O2/c22-15-5-6-18-12(8-15)7-13(21(26)23-18)10-20(25)24-11-14-9-19(24)17-4-2-1-3-16(14)17/h1-8,14,19H,9-11H2,(H,23,26). The molecule has 2 unspecified atom stereocenters. The van der Waals surface area contributed by atoms with Gasteiger partial charge in [0.15, 0.2) is 0 Å². The Morgan fingerprint density at radius 3 is 2.81 bits per heavy atom. The first-order valence-electron chi connectivity index (χ1n) is 8.80. The molecule has 26 heavy (non-hydrogen) atoms. The molecule has 0 radical (unpaired) electrons. The Hall–Kier alpha value is -2.95. The topological polar surface area (TPSA) is 53.2 Å². The summed E-state index contributed by atoms with van der Waals surface area (Å²) in [5.41, 5.74) is 3.24. The Balaban J connectivity index is 1.44. The average Bonchev–Trinajstić information content (AvgIpc) is 3.22.